The first kappa shape index (κ1) is 21.3. The van der Waals surface area contributed by atoms with Crippen LogP contribution in [-0.2, 0) is 27.4 Å². The highest BCUT2D eigenvalue weighted by Gasteiger charge is 2.59. The van der Waals surface area contributed by atoms with Crippen LogP contribution in [-0.4, -0.2) is 23.3 Å². The lowest BCUT2D eigenvalue weighted by molar-refractivity contribution is -0.123. The van der Waals surface area contributed by atoms with E-state index in [0.29, 0.717) is 34.8 Å². The second-order valence-corrected chi connectivity index (χ2v) is 11.2. The van der Waals surface area contributed by atoms with E-state index in [1.165, 1.54) is 16.2 Å². The maximum absolute atomic E-state index is 13.0. The Morgan fingerprint density at radius 2 is 1.79 bits per heavy atom. The largest absolute Gasteiger partial charge is 0.370 e. The number of hydrogen-bond acceptors (Lipinski definition) is 6. The number of anilines is 2. The van der Waals surface area contributed by atoms with Crippen molar-refractivity contribution in [3.8, 4) is 6.07 Å². The molecule has 4 aliphatic rings. The number of imide groups is 1. The molecule has 4 atom stereocenters. The molecule has 0 radical (unpaired) electrons. The standard InChI is InChI=1S/C26H23N3O4S/c1-26(2)10-17-18(11-27)23(34-19(17)12-33-26)28-22(30)13-5-7-16(8-6-13)29-24(31)20-14-3-4-15(9-14)21(20)25(29)32/h3-8,14-15,20-21H,9-10,12H2,1-2H3,(H,28,30)/t14-,15-,20+,21+/m0/s1. The third-order valence-electron chi connectivity index (χ3n) is 7.48. The molecule has 2 aromatic rings. The fourth-order valence-corrected chi connectivity index (χ4v) is 6.93. The van der Waals surface area contributed by atoms with Gasteiger partial charge in [0.25, 0.3) is 5.91 Å². The Labute approximate surface area is 201 Å². The zero-order chi connectivity index (χ0) is 23.8. The number of nitrogens with zero attached hydrogens (tertiary/aromatic N) is 2. The van der Waals surface area contributed by atoms with Gasteiger partial charge in [-0.15, -0.1) is 11.3 Å². The molecular weight excluding hydrogens is 450 g/mol. The van der Waals surface area contributed by atoms with Crippen molar-refractivity contribution in [2.45, 2.75) is 38.9 Å². The molecule has 2 bridgehead atoms. The first-order valence-electron chi connectivity index (χ1n) is 11.4. The van der Waals surface area contributed by atoms with Gasteiger partial charge in [-0.1, -0.05) is 12.2 Å². The molecule has 172 valence electrons. The zero-order valence-corrected chi connectivity index (χ0v) is 19.6. The number of hydrogen-bond donors (Lipinski definition) is 1. The monoisotopic (exact) mass is 473 g/mol. The average Bonchev–Trinajstić information content (AvgIpc) is 3.55. The van der Waals surface area contributed by atoms with Crippen molar-refractivity contribution in [2.75, 3.05) is 10.2 Å². The molecule has 1 saturated heterocycles. The maximum atomic E-state index is 13.0. The molecule has 2 aliphatic heterocycles. The minimum absolute atomic E-state index is 0.142. The average molecular weight is 474 g/mol. The Hall–Kier alpha value is -3.28. The molecule has 7 nitrogen and oxygen atoms in total. The molecule has 1 saturated carbocycles. The second kappa shape index (κ2) is 7.36. The lowest BCUT2D eigenvalue weighted by Crippen LogP contribution is -2.32. The Morgan fingerprint density at radius 3 is 2.41 bits per heavy atom. The number of amides is 3. The lowest BCUT2D eigenvalue weighted by Gasteiger charge is -2.29. The highest BCUT2D eigenvalue weighted by molar-refractivity contribution is 7.16. The minimum atomic E-state index is -0.352. The lowest BCUT2D eigenvalue weighted by atomic mass is 9.85. The van der Waals surface area contributed by atoms with Crippen molar-refractivity contribution in [3.05, 3.63) is 58.0 Å². The summed E-state index contributed by atoms with van der Waals surface area (Å²) < 4.78 is 5.84. The van der Waals surface area contributed by atoms with Crippen LogP contribution in [0.15, 0.2) is 36.4 Å². The Bertz CT molecular complexity index is 1290. The van der Waals surface area contributed by atoms with Crippen molar-refractivity contribution >= 4 is 39.7 Å². The molecule has 2 fully saturated rings. The van der Waals surface area contributed by atoms with Crippen LogP contribution >= 0.6 is 11.3 Å². The van der Waals surface area contributed by atoms with E-state index in [1.54, 1.807) is 24.3 Å². The number of benzene rings is 1. The molecule has 8 heteroatoms. The molecule has 0 spiro atoms. The van der Waals surface area contributed by atoms with Crippen LogP contribution in [0.25, 0.3) is 0 Å². The van der Waals surface area contributed by atoms with E-state index in [4.69, 9.17) is 4.74 Å². The molecule has 6 rings (SSSR count). The third kappa shape index (κ3) is 3.07. The number of fused-ring (bicyclic) bond motifs is 6. The fourth-order valence-electron chi connectivity index (χ4n) is 5.85. The third-order valence-corrected chi connectivity index (χ3v) is 8.61. The van der Waals surface area contributed by atoms with Crippen molar-refractivity contribution < 1.29 is 19.1 Å². The van der Waals surface area contributed by atoms with E-state index in [-0.39, 0.29) is 47.0 Å². The molecule has 1 aromatic carbocycles. The van der Waals surface area contributed by atoms with Gasteiger partial charge in [-0.05, 0) is 61.9 Å². The first-order valence-corrected chi connectivity index (χ1v) is 12.3. The van der Waals surface area contributed by atoms with E-state index in [0.717, 1.165) is 16.9 Å². The van der Waals surface area contributed by atoms with E-state index in [2.05, 4.69) is 23.5 Å². The molecule has 2 aliphatic carbocycles. The van der Waals surface area contributed by atoms with Crippen LogP contribution in [0.4, 0.5) is 10.7 Å². The smallest absolute Gasteiger partial charge is 0.256 e. The van der Waals surface area contributed by atoms with E-state index >= 15 is 0 Å². The van der Waals surface area contributed by atoms with Crippen molar-refractivity contribution in [2.24, 2.45) is 23.7 Å². The van der Waals surface area contributed by atoms with Gasteiger partial charge in [0.05, 0.1) is 35.3 Å². The van der Waals surface area contributed by atoms with Crippen LogP contribution < -0.4 is 10.2 Å². The summed E-state index contributed by atoms with van der Waals surface area (Å²) in [5, 5.41) is 13.1. The van der Waals surface area contributed by atoms with E-state index < -0.39 is 0 Å². The predicted molar refractivity (Wildman–Crippen MR) is 126 cm³/mol. The second-order valence-electron chi connectivity index (χ2n) is 10.1. The van der Waals surface area contributed by atoms with Gasteiger partial charge in [0.1, 0.15) is 11.1 Å². The molecule has 0 unspecified atom stereocenters. The number of rotatable bonds is 3. The first-order chi connectivity index (χ1) is 16.3. The molecule has 1 aromatic heterocycles. The zero-order valence-electron chi connectivity index (χ0n) is 18.8. The number of allylic oxidation sites excluding steroid dienone is 2. The van der Waals surface area contributed by atoms with Crippen LogP contribution in [0.2, 0.25) is 0 Å². The topological polar surface area (TPSA) is 99.5 Å². The summed E-state index contributed by atoms with van der Waals surface area (Å²) in [5.74, 6) is -0.830. The van der Waals surface area contributed by atoms with Gasteiger partial charge in [-0.3, -0.25) is 19.3 Å². The highest BCUT2D eigenvalue weighted by Crippen LogP contribution is 2.53. The van der Waals surface area contributed by atoms with Gasteiger partial charge < -0.3 is 10.1 Å². The summed E-state index contributed by atoms with van der Waals surface area (Å²) in [6, 6.07) is 8.74. The number of ether oxygens (including phenoxy) is 1. The van der Waals surface area contributed by atoms with Gasteiger partial charge in [0, 0.05) is 16.9 Å². The van der Waals surface area contributed by atoms with Gasteiger partial charge in [-0.2, -0.15) is 5.26 Å². The molecule has 1 N–H and O–H groups in total. The van der Waals surface area contributed by atoms with Crippen molar-refractivity contribution in [1.82, 2.24) is 0 Å². The number of nitrogens with one attached hydrogen (secondary N) is 1. The highest BCUT2D eigenvalue weighted by atomic mass is 32.1. The minimum Gasteiger partial charge on any atom is -0.370 e. The SMILES string of the molecule is CC1(C)Cc2c(sc(NC(=O)c3ccc(N4C(=O)[C@H]5[C@H](C4=O)[C@H]4C=C[C@H]5C4)cc3)c2C#N)CO1. The van der Waals surface area contributed by atoms with Gasteiger partial charge >= 0.3 is 0 Å². The Morgan fingerprint density at radius 1 is 1.15 bits per heavy atom. The molecule has 3 amide bonds. The van der Waals surface area contributed by atoms with Crippen molar-refractivity contribution in [1.29, 1.82) is 5.26 Å². The summed E-state index contributed by atoms with van der Waals surface area (Å²) in [5.41, 5.74) is 1.95. The summed E-state index contributed by atoms with van der Waals surface area (Å²) in [6.45, 7) is 4.39. The van der Waals surface area contributed by atoms with Gasteiger partial charge in [0.15, 0.2) is 0 Å². The summed E-state index contributed by atoms with van der Waals surface area (Å²) in [6.07, 6.45) is 5.64. The molecular formula is C26H23N3O4S. The number of carbonyl (C=O) groups excluding carboxylic acids is 3. The Balaban J connectivity index is 1.21. The van der Waals surface area contributed by atoms with Crippen LogP contribution in [0.1, 0.15) is 46.6 Å². The number of nitriles is 1. The number of thiophene rings is 1. The van der Waals surface area contributed by atoms with Gasteiger partial charge in [0.2, 0.25) is 11.8 Å². The van der Waals surface area contributed by atoms with Gasteiger partial charge in [-0.25, -0.2) is 0 Å². The van der Waals surface area contributed by atoms with Crippen LogP contribution in [0.5, 0.6) is 0 Å². The fraction of sp³-hybridized carbons (Fsp3) is 0.385. The summed E-state index contributed by atoms with van der Waals surface area (Å²) in [4.78, 5) is 41.2. The summed E-state index contributed by atoms with van der Waals surface area (Å²) >= 11 is 1.37. The van der Waals surface area contributed by atoms with Crippen LogP contribution in [0, 0.1) is 35.0 Å². The maximum Gasteiger partial charge on any atom is 0.256 e. The molecule has 34 heavy (non-hydrogen) atoms. The molecule has 3 heterocycles. The van der Waals surface area contributed by atoms with E-state index in [1.807, 2.05) is 13.8 Å². The summed E-state index contributed by atoms with van der Waals surface area (Å²) in [7, 11) is 0. The normalized spacial score (nSPS) is 28.1. The van der Waals surface area contributed by atoms with Crippen LogP contribution in [0.3, 0.4) is 0 Å². The predicted octanol–water partition coefficient (Wildman–Crippen LogP) is 4.03. The quantitative estimate of drug-likeness (QED) is 0.536. The van der Waals surface area contributed by atoms with Crippen molar-refractivity contribution in [3.63, 3.8) is 0 Å². The number of carbonyl (C=O) groups is 3. The van der Waals surface area contributed by atoms with E-state index in [9.17, 15) is 19.6 Å². The Kier molecular flexibility index (Phi) is 4.60.